The van der Waals surface area contributed by atoms with Gasteiger partial charge in [0.1, 0.15) is 13.1 Å². The number of carbonyl (C=O) groups is 3. The van der Waals surface area contributed by atoms with E-state index in [1.165, 1.54) is 25.1 Å². The van der Waals surface area contributed by atoms with Crippen LogP contribution in [0.1, 0.15) is 45.5 Å². The minimum atomic E-state index is -4.78. The largest absolute Gasteiger partial charge is 0.416 e. The fraction of sp³-hybridized carbons (Fsp3) is 0.360. The molecule has 0 spiro atoms. The van der Waals surface area contributed by atoms with Crippen LogP contribution in [0.5, 0.6) is 0 Å². The van der Waals surface area contributed by atoms with Crippen LogP contribution in [-0.2, 0) is 26.5 Å². The van der Waals surface area contributed by atoms with E-state index in [0.29, 0.717) is 22.6 Å². The third-order valence-corrected chi connectivity index (χ3v) is 6.52. The van der Waals surface area contributed by atoms with Gasteiger partial charge in [0, 0.05) is 22.7 Å². The molecule has 0 bridgehead atoms. The van der Waals surface area contributed by atoms with Gasteiger partial charge in [-0.25, -0.2) is 0 Å². The molecule has 4 rings (SSSR count). The van der Waals surface area contributed by atoms with E-state index >= 15 is 4.39 Å². The van der Waals surface area contributed by atoms with Crippen molar-refractivity contribution in [3.8, 4) is 0 Å². The first-order valence-electron chi connectivity index (χ1n) is 11.6. The zero-order chi connectivity index (χ0) is 29.6. The van der Waals surface area contributed by atoms with Gasteiger partial charge in [0.15, 0.2) is 0 Å². The molecule has 1 unspecified atom stereocenters. The number of hydrogen-bond acceptors (Lipinski definition) is 5. The van der Waals surface area contributed by atoms with Crippen LogP contribution in [0.25, 0.3) is 0 Å². The van der Waals surface area contributed by atoms with Gasteiger partial charge in [0.25, 0.3) is 5.91 Å². The zero-order valence-corrected chi connectivity index (χ0v) is 21.3. The average molecular weight is 594 g/mol. The number of hydrogen-bond donors (Lipinski definition) is 0. The maximum absolute atomic E-state index is 15.6. The highest BCUT2D eigenvalue weighted by molar-refractivity contribution is 6.30. The van der Waals surface area contributed by atoms with E-state index < -0.39 is 79.5 Å². The lowest BCUT2D eigenvalue weighted by molar-refractivity contribution is -0.157. The highest BCUT2D eigenvalue weighted by atomic mass is 35.5. The van der Waals surface area contributed by atoms with Crippen LogP contribution in [-0.4, -0.2) is 59.0 Å². The van der Waals surface area contributed by atoms with Crippen molar-refractivity contribution in [1.29, 1.82) is 0 Å². The second-order valence-electron chi connectivity index (χ2n) is 9.26. The standard InChI is InChI=1S/C25H19ClF7N3O4/c1-13-6-14(19-10-23(27,40-34-19)15-7-16(25(31,32)33)9-17(26)8-15)2-3-18(13)22(39)35-11-20(37)36(21(38)12-35)5-4-24(28,29)30/h2-3,6-9H,4-5,10-12H2,1H3. The number of halogens is 8. The topological polar surface area (TPSA) is 79.3 Å². The quantitative estimate of drug-likeness (QED) is 0.345. The number of imide groups is 1. The van der Waals surface area contributed by atoms with E-state index in [-0.39, 0.29) is 21.9 Å². The summed E-state index contributed by atoms with van der Waals surface area (Å²) in [6.45, 7) is -0.544. The second kappa shape index (κ2) is 10.4. The molecule has 2 aliphatic heterocycles. The Hall–Kier alpha value is -3.68. The van der Waals surface area contributed by atoms with Crippen LogP contribution in [0.15, 0.2) is 41.6 Å². The SMILES string of the molecule is Cc1cc(C2=NOC(F)(c3cc(Cl)cc(C(F)(F)F)c3)C2)ccc1C(=O)N1CC(=O)N(CCC(F)(F)F)C(=O)C1. The molecule has 15 heteroatoms. The van der Waals surface area contributed by atoms with Crippen molar-refractivity contribution in [2.24, 2.45) is 5.16 Å². The van der Waals surface area contributed by atoms with Crippen LogP contribution >= 0.6 is 11.6 Å². The molecule has 0 radical (unpaired) electrons. The van der Waals surface area contributed by atoms with E-state index in [0.717, 1.165) is 11.0 Å². The third kappa shape index (κ3) is 6.21. The molecule has 2 aliphatic rings. The minimum absolute atomic E-state index is 0.0294. The Kier molecular flexibility index (Phi) is 7.60. The Morgan fingerprint density at radius 2 is 1.70 bits per heavy atom. The van der Waals surface area contributed by atoms with Gasteiger partial charge >= 0.3 is 18.2 Å². The summed E-state index contributed by atoms with van der Waals surface area (Å²) in [7, 11) is 0. The molecule has 2 aromatic rings. The average Bonchev–Trinajstić information content (AvgIpc) is 3.24. The van der Waals surface area contributed by atoms with E-state index in [1.54, 1.807) is 0 Å². The van der Waals surface area contributed by atoms with Crippen molar-refractivity contribution in [3.05, 3.63) is 69.2 Å². The Balaban J connectivity index is 1.47. The van der Waals surface area contributed by atoms with Gasteiger partial charge < -0.3 is 9.74 Å². The smallest absolute Gasteiger partial charge is 0.350 e. The summed E-state index contributed by atoms with van der Waals surface area (Å²) in [6.07, 6.45) is -11.3. The molecule has 0 aliphatic carbocycles. The van der Waals surface area contributed by atoms with Crippen LogP contribution in [0.4, 0.5) is 30.7 Å². The summed E-state index contributed by atoms with van der Waals surface area (Å²) in [6, 6.07) is 6.34. The van der Waals surface area contributed by atoms with E-state index in [1.807, 2.05) is 0 Å². The van der Waals surface area contributed by atoms with E-state index in [9.17, 15) is 40.7 Å². The highest BCUT2D eigenvalue weighted by Gasteiger charge is 2.44. The molecule has 7 nitrogen and oxygen atoms in total. The summed E-state index contributed by atoms with van der Waals surface area (Å²) in [5, 5.41) is 3.32. The fourth-order valence-corrected chi connectivity index (χ4v) is 4.50. The van der Waals surface area contributed by atoms with Crippen LogP contribution < -0.4 is 0 Å². The number of aryl methyl sites for hydroxylation is 1. The van der Waals surface area contributed by atoms with Crippen molar-refractivity contribution in [3.63, 3.8) is 0 Å². The van der Waals surface area contributed by atoms with E-state index in [4.69, 9.17) is 16.4 Å². The first-order valence-corrected chi connectivity index (χ1v) is 12.0. The summed E-state index contributed by atoms with van der Waals surface area (Å²) >= 11 is 5.76. The molecule has 40 heavy (non-hydrogen) atoms. The lowest BCUT2D eigenvalue weighted by Gasteiger charge is -2.33. The third-order valence-electron chi connectivity index (χ3n) is 6.30. The van der Waals surface area contributed by atoms with Gasteiger partial charge in [-0.2, -0.15) is 30.7 Å². The molecular formula is C25H19ClF7N3O4. The van der Waals surface area contributed by atoms with Crippen molar-refractivity contribution in [1.82, 2.24) is 9.80 Å². The Labute approximate surface area is 227 Å². The van der Waals surface area contributed by atoms with E-state index in [2.05, 4.69) is 5.16 Å². The van der Waals surface area contributed by atoms with Crippen molar-refractivity contribution < 1.29 is 50.0 Å². The van der Waals surface area contributed by atoms with Gasteiger partial charge in [-0.1, -0.05) is 22.8 Å². The van der Waals surface area contributed by atoms with Crippen LogP contribution in [0, 0.1) is 6.92 Å². The molecule has 3 amide bonds. The first-order chi connectivity index (χ1) is 18.5. The summed E-state index contributed by atoms with van der Waals surface area (Å²) in [4.78, 5) is 43.8. The van der Waals surface area contributed by atoms with Gasteiger partial charge in [-0.15, -0.1) is 0 Å². The monoisotopic (exact) mass is 593 g/mol. The highest BCUT2D eigenvalue weighted by Crippen LogP contribution is 2.41. The summed E-state index contributed by atoms with van der Waals surface area (Å²) in [5.74, 6) is -5.37. The maximum Gasteiger partial charge on any atom is 0.416 e. The summed E-state index contributed by atoms with van der Waals surface area (Å²) < 4.78 is 92.5. The minimum Gasteiger partial charge on any atom is -0.350 e. The Morgan fingerprint density at radius 1 is 1.05 bits per heavy atom. The molecule has 1 atom stereocenters. The predicted octanol–water partition coefficient (Wildman–Crippen LogP) is 5.38. The van der Waals surface area contributed by atoms with Crippen molar-refractivity contribution in [2.45, 2.75) is 38.0 Å². The molecule has 1 saturated heterocycles. The number of rotatable bonds is 5. The number of nitrogens with zero attached hydrogens (tertiary/aromatic N) is 3. The van der Waals surface area contributed by atoms with Gasteiger partial charge in [-0.3, -0.25) is 19.3 Å². The van der Waals surface area contributed by atoms with Crippen LogP contribution in [0.3, 0.4) is 0 Å². The van der Waals surface area contributed by atoms with Crippen molar-refractivity contribution in [2.75, 3.05) is 19.6 Å². The van der Waals surface area contributed by atoms with Gasteiger partial charge in [0.05, 0.1) is 24.1 Å². The number of alkyl halides is 7. The molecule has 0 N–H and O–H groups in total. The van der Waals surface area contributed by atoms with Crippen LogP contribution in [0.2, 0.25) is 5.02 Å². The zero-order valence-electron chi connectivity index (χ0n) is 20.5. The lowest BCUT2D eigenvalue weighted by Crippen LogP contribution is -2.56. The molecule has 2 heterocycles. The number of benzene rings is 2. The first kappa shape index (κ1) is 29.3. The van der Waals surface area contributed by atoms with Crippen molar-refractivity contribution >= 4 is 35.0 Å². The molecule has 0 aromatic heterocycles. The molecular weight excluding hydrogens is 575 g/mol. The molecule has 214 valence electrons. The molecule has 0 saturated carbocycles. The number of oxime groups is 1. The Bertz CT molecular complexity index is 1390. The second-order valence-corrected chi connectivity index (χ2v) is 9.69. The van der Waals surface area contributed by atoms with Gasteiger partial charge in [0.2, 0.25) is 11.8 Å². The number of piperazine rings is 1. The number of carbonyl (C=O) groups excluding carboxylic acids is 3. The Morgan fingerprint density at radius 3 is 2.27 bits per heavy atom. The van der Waals surface area contributed by atoms with Gasteiger partial charge in [-0.05, 0) is 48.4 Å². The summed E-state index contributed by atoms with van der Waals surface area (Å²) in [5.41, 5.74) is -0.955. The molecule has 2 aromatic carbocycles. The fourth-order valence-electron chi connectivity index (χ4n) is 4.26. The molecule has 1 fully saturated rings. The predicted molar refractivity (Wildman–Crippen MR) is 126 cm³/mol. The lowest BCUT2D eigenvalue weighted by atomic mass is 9.95. The maximum atomic E-state index is 15.6. The number of amides is 3. The normalized spacial score (nSPS) is 20.1.